The predicted molar refractivity (Wildman–Crippen MR) is 116 cm³/mol. The highest BCUT2D eigenvalue weighted by atomic mass is 35.5. The van der Waals surface area contributed by atoms with Crippen LogP contribution in [0.5, 0.6) is 0 Å². The van der Waals surface area contributed by atoms with Crippen LogP contribution in [0.4, 0.5) is 29.0 Å². The zero-order valence-corrected chi connectivity index (χ0v) is 16.9. The summed E-state index contributed by atoms with van der Waals surface area (Å²) in [6.45, 7) is 1.42. The van der Waals surface area contributed by atoms with E-state index in [9.17, 15) is 20.2 Å². The third-order valence-electron chi connectivity index (χ3n) is 3.93. The van der Waals surface area contributed by atoms with Gasteiger partial charge in [0.2, 0.25) is 22.9 Å². The van der Waals surface area contributed by atoms with Gasteiger partial charge in [0.15, 0.2) is 0 Å². The molecule has 0 spiro atoms. The maximum Gasteiger partial charge on any atom is 0.329 e. The lowest BCUT2D eigenvalue weighted by Gasteiger charge is -2.23. The van der Waals surface area contributed by atoms with Gasteiger partial charge in [0.05, 0.1) is 9.85 Å². The Bertz CT molecular complexity index is 896. The number of hydrogen-bond donors (Lipinski definition) is 3. The number of nitrogens with zero attached hydrogens (tertiary/aromatic N) is 6. The highest BCUT2D eigenvalue weighted by molar-refractivity contribution is 6.28. The first-order valence-corrected chi connectivity index (χ1v) is 9.11. The van der Waals surface area contributed by atoms with Gasteiger partial charge in [0.25, 0.3) is 0 Å². The van der Waals surface area contributed by atoms with E-state index in [4.69, 9.17) is 16.3 Å². The van der Waals surface area contributed by atoms with E-state index in [1.807, 2.05) is 0 Å². The molecule has 2 aromatic rings. The average Bonchev–Trinajstić information content (AvgIpc) is 2.74. The summed E-state index contributed by atoms with van der Waals surface area (Å²) in [5.41, 5.74) is -0.322. The van der Waals surface area contributed by atoms with Crippen molar-refractivity contribution < 1.29 is 14.6 Å². The molecule has 1 saturated heterocycles. The zero-order chi connectivity index (χ0) is 22.1. The van der Waals surface area contributed by atoms with E-state index < -0.39 is 9.85 Å². The molecule has 14 nitrogen and oxygen atoms in total. The van der Waals surface area contributed by atoms with Crippen molar-refractivity contribution in [3.05, 3.63) is 37.9 Å². The maximum absolute atomic E-state index is 10.7. The molecule has 0 radical (unpaired) electrons. The lowest BCUT2D eigenvalue weighted by atomic mass is 10.1. The number of aromatic nitrogens is 4. The number of halogens is 1. The standard InChI is InChI=1S/C10H15N5O3.C5H5ClN4O2.CH4/c1-11-9-8(15(16)17)6-12-10(14-9)13-7-2-4-18-5-3-7;1-7-4-3(10(11)12)2-8-5(6)9-4;/h6-7H,2-5H2,1H3,(H2,11,12,13,14);2H,1H3,(H,7,8,9);1H4. The molecule has 0 unspecified atom stereocenters. The monoisotopic (exact) mass is 457 g/mol. The minimum atomic E-state index is -0.581. The summed E-state index contributed by atoms with van der Waals surface area (Å²) in [7, 11) is 3.11. The highest BCUT2D eigenvalue weighted by Gasteiger charge is 2.19. The molecule has 170 valence electrons. The SMILES string of the molecule is C.CNc1nc(Cl)ncc1[N+](=O)[O-].CNc1nc(NC2CCOCC2)ncc1[N+](=O)[O-]. The number of rotatable bonds is 6. The summed E-state index contributed by atoms with van der Waals surface area (Å²) < 4.78 is 5.25. The van der Waals surface area contributed by atoms with E-state index in [0.29, 0.717) is 19.2 Å². The molecule has 3 N–H and O–H groups in total. The summed E-state index contributed by atoms with van der Waals surface area (Å²) in [6.07, 6.45) is 4.03. The van der Waals surface area contributed by atoms with E-state index in [0.717, 1.165) is 19.0 Å². The van der Waals surface area contributed by atoms with E-state index in [1.54, 1.807) is 7.05 Å². The van der Waals surface area contributed by atoms with Crippen LogP contribution < -0.4 is 16.0 Å². The Balaban J connectivity index is 0.000000324. The maximum atomic E-state index is 10.7. The number of nitrogens with one attached hydrogen (secondary N) is 3. The van der Waals surface area contributed by atoms with Crippen LogP contribution in [-0.4, -0.2) is 63.1 Å². The molecule has 0 aliphatic carbocycles. The van der Waals surface area contributed by atoms with Crippen molar-refractivity contribution in [1.82, 2.24) is 19.9 Å². The summed E-state index contributed by atoms with van der Waals surface area (Å²) in [4.78, 5) is 35.1. The summed E-state index contributed by atoms with van der Waals surface area (Å²) >= 11 is 5.42. The Hall–Kier alpha value is -3.39. The van der Waals surface area contributed by atoms with E-state index in [-0.39, 0.29) is 41.8 Å². The van der Waals surface area contributed by atoms with Crippen molar-refractivity contribution in [2.45, 2.75) is 26.3 Å². The molecular weight excluding hydrogens is 434 g/mol. The average molecular weight is 458 g/mol. The second-order valence-corrected chi connectivity index (χ2v) is 6.18. The predicted octanol–water partition coefficient (Wildman–Crippen LogP) is 2.73. The Labute approximate surface area is 183 Å². The Morgan fingerprint density at radius 3 is 2.03 bits per heavy atom. The second kappa shape index (κ2) is 12.3. The second-order valence-electron chi connectivity index (χ2n) is 5.85. The lowest BCUT2D eigenvalue weighted by molar-refractivity contribution is -0.384. The van der Waals surface area contributed by atoms with Gasteiger partial charge in [-0.3, -0.25) is 20.2 Å². The van der Waals surface area contributed by atoms with Crippen molar-refractivity contribution in [2.75, 3.05) is 43.3 Å². The number of nitro groups is 2. The topological polar surface area (TPSA) is 183 Å². The van der Waals surface area contributed by atoms with E-state index in [2.05, 4.69) is 35.9 Å². The molecule has 3 rings (SSSR count). The molecular formula is C16H24ClN9O5. The first kappa shape index (κ1) is 25.6. The summed E-state index contributed by atoms with van der Waals surface area (Å²) in [6, 6.07) is 0.255. The molecule has 0 atom stereocenters. The largest absolute Gasteiger partial charge is 0.381 e. The van der Waals surface area contributed by atoms with Crippen LogP contribution in [0, 0.1) is 20.2 Å². The van der Waals surface area contributed by atoms with Gasteiger partial charge in [-0.2, -0.15) is 9.97 Å². The molecule has 0 bridgehead atoms. The van der Waals surface area contributed by atoms with Gasteiger partial charge in [-0.1, -0.05) is 7.43 Å². The van der Waals surface area contributed by atoms with Crippen LogP contribution in [0.3, 0.4) is 0 Å². The fourth-order valence-corrected chi connectivity index (χ4v) is 2.59. The molecule has 15 heteroatoms. The summed E-state index contributed by atoms with van der Waals surface area (Å²) in [5.74, 6) is 0.724. The highest BCUT2D eigenvalue weighted by Crippen LogP contribution is 2.22. The number of anilines is 3. The third kappa shape index (κ3) is 7.42. The quantitative estimate of drug-likeness (QED) is 0.327. The van der Waals surface area contributed by atoms with Crippen molar-refractivity contribution >= 4 is 40.6 Å². The molecule has 0 aromatic carbocycles. The van der Waals surface area contributed by atoms with Gasteiger partial charge in [0.1, 0.15) is 12.4 Å². The number of hydrogen-bond acceptors (Lipinski definition) is 12. The Kier molecular flexibility index (Phi) is 10.2. The third-order valence-corrected chi connectivity index (χ3v) is 4.11. The van der Waals surface area contributed by atoms with Gasteiger partial charge in [-0.25, -0.2) is 9.97 Å². The Morgan fingerprint density at radius 1 is 1.00 bits per heavy atom. The van der Waals surface area contributed by atoms with E-state index >= 15 is 0 Å². The van der Waals surface area contributed by atoms with Gasteiger partial charge in [-0.05, 0) is 24.4 Å². The van der Waals surface area contributed by atoms with Crippen LogP contribution in [0.25, 0.3) is 0 Å². The molecule has 1 aliphatic heterocycles. The van der Waals surface area contributed by atoms with Gasteiger partial charge in [-0.15, -0.1) is 0 Å². The van der Waals surface area contributed by atoms with Gasteiger partial charge in [0, 0.05) is 33.4 Å². The molecule has 1 aliphatic rings. The van der Waals surface area contributed by atoms with Crippen molar-refractivity contribution in [2.24, 2.45) is 0 Å². The van der Waals surface area contributed by atoms with Crippen molar-refractivity contribution in [3.8, 4) is 0 Å². The lowest BCUT2D eigenvalue weighted by Crippen LogP contribution is -2.28. The first-order chi connectivity index (χ1) is 14.3. The van der Waals surface area contributed by atoms with Gasteiger partial charge >= 0.3 is 11.4 Å². The number of ether oxygens (including phenoxy) is 1. The minimum absolute atomic E-state index is 0. The fourth-order valence-electron chi connectivity index (χ4n) is 2.46. The Morgan fingerprint density at radius 2 is 1.52 bits per heavy atom. The minimum Gasteiger partial charge on any atom is -0.381 e. The first-order valence-electron chi connectivity index (χ1n) is 8.73. The van der Waals surface area contributed by atoms with Crippen molar-refractivity contribution in [3.63, 3.8) is 0 Å². The van der Waals surface area contributed by atoms with Crippen LogP contribution >= 0.6 is 11.6 Å². The zero-order valence-electron chi connectivity index (χ0n) is 16.2. The van der Waals surface area contributed by atoms with Crippen molar-refractivity contribution in [1.29, 1.82) is 0 Å². The normalized spacial score (nSPS) is 13.1. The molecule has 31 heavy (non-hydrogen) atoms. The van der Waals surface area contributed by atoms with Crippen LogP contribution in [0.1, 0.15) is 20.3 Å². The smallest absolute Gasteiger partial charge is 0.329 e. The van der Waals surface area contributed by atoms with Gasteiger partial charge < -0.3 is 20.7 Å². The summed E-state index contributed by atoms with van der Waals surface area (Å²) in [5, 5.41) is 29.4. The molecule has 0 saturated carbocycles. The fraction of sp³-hybridized carbons (Fsp3) is 0.500. The molecule has 1 fully saturated rings. The van der Waals surface area contributed by atoms with E-state index in [1.165, 1.54) is 13.2 Å². The van der Waals surface area contributed by atoms with Crippen LogP contribution in [-0.2, 0) is 4.74 Å². The van der Waals surface area contributed by atoms with Crippen LogP contribution in [0.15, 0.2) is 12.4 Å². The molecule has 2 aromatic heterocycles. The molecule has 0 amide bonds. The van der Waals surface area contributed by atoms with Crippen LogP contribution in [0.2, 0.25) is 5.28 Å². The molecule has 3 heterocycles.